The van der Waals surface area contributed by atoms with E-state index >= 15 is 0 Å². The molecule has 0 atom stereocenters. The monoisotopic (exact) mass is 319 g/mol. The van der Waals surface area contributed by atoms with Crippen LogP contribution in [0.15, 0.2) is 53.4 Å². The van der Waals surface area contributed by atoms with Crippen LogP contribution in [0.25, 0.3) is 0 Å². The molecule has 0 radical (unpaired) electrons. The molecule has 0 saturated heterocycles. The number of rotatable bonds is 7. The first-order valence-electron chi connectivity index (χ1n) is 7.17. The van der Waals surface area contributed by atoms with Crippen LogP contribution >= 0.6 is 0 Å². The number of benzene rings is 2. The number of nitrogens with one attached hydrogen (secondary N) is 1. The van der Waals surface area contributed by atoms with Crippen LogP contribution in [0.3, 0.4) is 0 Å². The van der Waals surface area contributed by atoms with Crippen molar-refractivity contribution in [3.63, 3.8) is 0 Å². The van der Waals surface area contributed by atoms with Gasteiger partial charge in [0.25, 0.3) is 0 Å². The van der Waals surface area contributed by atoms with Crippen molar-refractivity contribution in [2.24, 2.45) is 0 Å². The van der Waals surface area contributed by atoms with E-state index in [1.807, 2.05) is 38.1 Å². The van der Waals surface area contributed by atoms with Gasteiger partial charge in [0.1, 0.15) is 0 Å². The lowest BCUT2D eigenvalue weighted by Crippen LogP contribution is -2.27. The van der Waals surface area contributed by atoms with Gasteiger partial charge < -0.3 is 4.74 Å². The van der Waals surface area contributed by atoms with Gasteiger partial charge in [0.05, 0.1) is 18.1 Å². The van der Waals surface area contributed by atoms with Gasteiger partial charge in [0.2, 0.25) is 10.0 Å². The van der Waals surface area contributed by atoms with E-state index in [1.165, 1.54) is 5.56 Å². The van der Waals surface area contributed by atoms with Crippen LogP contribution in [0, 0.1) is 13.8 Å². The lowest BCUT2D eigenvalue weighted by Gasteiger charge is -2.09. The summed E-state index contributed by atoms with van der Waals surface area (Å²) in [7, 11) is -3.46. The molecule has 0 aliphatic heterocycles. The van der Waals surface area contributed by atoms with Gasteiger partial charge in [-0.05, 0) is 37.1 Å². The molecule has 0 spiro atoms. The summed E-state index contributed by atoms with van der Waals surface area (Å²) in [6.45, 7) is 5.02. The molecule has 2 aromatic carbocycles. The van der Waals surface area contributed by atoms with Gasteiger partial charge in [-0.2, -0.15) is 0 Å². The minimum absolute atomic E-state index is 0.252. The highest BCUT2D eigenvalue weighted by Gasteiger charge is 2.12. The van der Waals surface area contributed by atoms with Gasteiger partial charge in [0.15, 0.2) is 0 Å². The molecule has 5 heteroatoms. The molecule has 0 amide bonds. The van der Waals surface area contributed by atoms with Gasteiger partial charge in [-0.15, -0.1) is 0 Å². The molecule has 118 valence electrons. The number of sulfonamides is 1. The lowest BCUT2D eigenvalue weighted by molar-refractivity contribution is 0.125. The Kier molecular flexibility index (Phi) is 5.71. The fourth-order valence-electron chi connectivity index (χ4n) is 2.00. The van der Waals surface area contributed by atoms with Crippen molar-refractivity contribution in [3.8, 4) is 0 Å². The van der Waals surface area contributed by atoms with Crippen molar-refractivity contribution >= 4 is 10.0 Å². The molecule has 22 heavy (non-hydrogen) atoms. The number of ether oxygens (including phenoxy) is 1. The Hall–Kier alpha value is -1.69. The summed E-state index contributed by atoms with van der Waals surface area (Å²) in [6.07, 6.45) is 0. The highest BCUT2D eigenvalue weighted by Crippen LogP contribution is 2.10. The van der Waals surface area contributed by atoms with E-state index in [-0.39, 0.29) is 11.4 Å². The van der Waals surface area contributed by atoms with Crippen LogP contribution in [-0.2, 0) is 21.4 Å². The summed E-state index contributed by atoms with van der Waals surface area (Å²) < 4.78 is 32.2. The highest BCUT2D eigenvalue weighted by molar-refractivity contribution is 7.89. The maximum atomic E-state index is 12.1. The smallest absolute Gasteiger partial charge is 0.240 e. The quantitative estimate of drug-likeness (QED) is 0.798. The van der Waals surface area contributed by atoms with E-state index in [1.54, 1.807) is 24.3 Å². The maximum absolute atomic E-state index is 12.1. The van der Waals surface area contributed by atoms with E-state index < -0.39 is 10.0 Å². The first-order valence-corrected chi connectivity index (χ1v) is 8.66. The second-order valence-corrected chi connectivity index (χ2v) is 6.96. The first-order chi connectivity index (χ1) is 10.5. The van der Waals surface area contributed by atoms with Crippen LogP contribution in [-0.4, -0.2) is 21.6 Å². The summed E-state index contributed by atoms with van der Waals surface area (Å²) in [6, 6.07) is 14.7. The minimum atomic E-state index is -3.46. The van der Waals surface area contributed by atoms with E-state index in [0.29, 0.717) is 13.2 Å². The Labute approximate surface area is 132 Å². The summed E-state index contributed by atoms with van der Waals surface area (Å²) >= 11 is 0. The predicted molar refractivity (Wildman–Crippen MR) is 87.2 cm³/mol. The Bertz CT molecular complexity index is 709. The van der Waals surface area contributed by atoms with E-state index in [4.69, 9.17) is 4.74 Å². The highest BCUT2D eigenvalue weighted by atomic mass is 32.2. The molecule has 0 heterocycles. The molecule has 2 rings (SSSR count). The third-order valence-corrected chi connectivity index (χ3v) is 4.87. The van der Waals surface area contributed by atoms with Gasteiger partial charge >= 0.3 is 0 Å². The topological polar surface area (TPSA) is 55.4 Å². The van der Waals surface area contributed by atoms with Crippen molar-refractivity contribution in [1.82, 2.24) is 4.72 Å². The molecule has 2 aromatic rings. The Morgan fingerprint density at radius 1 is 1.00 bits per heavy atom. The molecular formula is C17H21NO3S. The maximum Gasteiger partial charge on any atom is 0.240 e. The molecule has 0 bridgehead atoms. The van der Waals surface area contributed by atoms with Gasteiger partial charge in [-0.1, -0.05) is 42.0 Å². The van der Waals surface area contributed by atoms with E-state index in [2.05, 4.69) is 4.72 Å². The molecule has 0 saturated carbocycles. The Morgan fingerprint density at radius 3 is 2.36 bits per heavy atom. The van der Waals surface area contributed by atoms with Crippen molar-refractivity contribution in [2.45, 2.75) is 25.3 Å². The minimum Gasteiger partial charge on any atom is -0.375 e. The number of aryl methyl sites for hydroxylation is 2. The zero-order valence-electron chi connectivity index (χ0n) is 12.9. The average Bonchev–Trinajstić information content (AvgIpc) is 2.49. The van der Waals surface area contributed by atoms with Crippen LogP contribution in [0.2, 0.25) is 0 Å². The molecule has 0 aromatic heterocycles. The lowest BCUT2D eigenvalue weighted by atomic mass is 10.1. The normalized spacial score (nSPS) is 11.5. The fraction of sp³-hybridized carbons (Fsp3) is 0.294. The third-order valence-electron chi connectivity index (χ3n) is 3.39. The summed E-state index contributed by atoms with van der Waals surface area (Å²) in [4.78, 5) is 0.275. The SMILES string of the molecule is Cc1ccc(S(=O)(=O)NCCOCc2ccccc2C)cc1. The van der Waals surface area contributed by atoms with Crippen molar-refractivity contribution in [2.75, 3.05) is 13.2 Å². The number of hydrogen-bond acceptors (Lipinski definition) is 3. The Balaban J connectivity index is 1.79. The molecule has 4 nitrogen and oxygen atoms in total. The molecule has 0 aliphatic carbocycles. The first kappa shape index (κ1) is 16.7. The van der Waals surface area contributed by atoms with E-state index in [9.17, 15) is 8.42 Å². The zero-order chi connectivity index (χ0) is 16.0. The second-order valence-electron chi connectivity index (χ2n) is 5.19. The van der Waals surface area contributed by atoms with Crippen molar-refractivity contribution in [3.05, 3.63) is 65.2 Å². The van der Waals surface area contributed by atoms with Gasteiger partial charge in [-0.3, -0.25) is 0 Å². The van der Waals surface area contributed by atoms with Crippen LogP contribution in [0.4, 0.5) is 0 Å². The van der Waals surface area contributed by atoms with Gasteiger partial charge in [-0.25, -0.2) is 13.1 Å². The summed E-state index contributed by atoms with van der Waals surface area (Å²) in [5, 5.41) is 0. The van der Waals surface area contributed by atoms with Crippen molar-refractivity contribution in [1.29, 1.82) is 0 Å². The van der Waals surface area contributed by atoms with Crippen LogP contribution < -0.4 is 4.72 Å². The van der Waals surface area contributed by atoms with Crippen molar-refractivity contribution < 1.29 is 13.2 Å². The zero-order valence-corrected chi connectivity index (χ0v) is 13.7. The van der Waals surface area contributed by atoms with Crippen LogP contribution in [0.1, 0.15) is 16.7 Å². The van der Waals surface area contributed by atoms with Gasteiger partial charge in [0, 0.05) is 6.54 Å². The van der Waals surface area contributed by atoms with E-state index in [0.717, 1.165) is 11.1 Å². The third kappa shape index (κ3) is 4.66. The molecule has 1 N–H and O–H groups in total. The van der Waals surface area contributed by atoms with Crippen LogP contribution in [0.5, 0.6) is 0 Å². The molecule has 0 fully saturated rings. The summed E-state index contributed by atoms with van der Waals surface area (Å²) in [5.74, 6) is 0. The number of hydrogen-bond donors (Lipinski definition) is 1. The standard InChI is InChI=1S/C17H21NO3S/c1-14-7-9-17(10-8-14)22(19,20)18-11-12-21-13-16-6-4-3-5-15(16)2/h3-10,18H,11-13H2,1-2H3. The molecule has 0 aliphatic rings. The second kappa shape index (κ2) is 7.54. The molecule has 0 unspecified atom stereocenters. The summed E-state index contributed by atoms with van der Waals surface area (Å²) in [5.41, 5.74) is 3.31. The largest absolute Gasteiger partial charge is 0.375 e. The molecular weight excluding hydrogens is 298 g/mol. The fourth-order valence-corrected chi connectivity index (χ4v) is 3.02. The average molecular weight is 319 g/mol. The predicted octanol–water partition coefficient (Wildman–Crippen LogP) is 2.80. The Morgan fingerprint density at radius 2 is 1.68 bits per heavy atom.